The molecule has 226 valence electrons. The molecular weight excluding hydrogens is 590 g/mol. The molecule has 1 aromatic carbocycles. The van der Waals surface area contributed by atoms with E-state index in [4.69, 9.17) is 5.11 Å². The largest absolute Gasteiger partial charge is 0.507 e. The highest BCUT2D eigenvalue weighted by Crippen LogP contribution is 2.48. The zero-order chi connectivity index (χ0) is 30.3. The summed E-state index contributed by atoms with van der Waals surface area (Å²) in [5.74, 6) is -3.08. The highest BCUT2D eigenvalue weighted by Gasteiger charge is 2.54. The standard InChI is InChI=1S/C32H44BrNO7/c1-4-8-20(15-21-16-22(33)11-13-26(21)36)10-12-27(37)29-23(19(2)3)17-24-30(25(29)18-35)32(41)34(31(24)40)14-7-5-6-9-28(38)39/h11,13,15-16,19,24-25,27,30,35-37H,4-10,12,14,17-18H2,1-3H3,(H,38,39)/b20-15+/t24-,25+,27-,30-/m1/s1. The number of aliphatic carboxylic acids is 1. The van der Waals surface area contributed by atoms with Gasteiger partial charge in [0.05, 0.1) is 24.5 Å². The van der Waals surface area contributed by atoms with Crippen molar-refractivity contribution < 1.29 is 34.8 Å². The Labute approximate surface area is 251 Å². The molecule has 0 bridgehead atoms. The number of imide groups is 1. The van der Waals surface area contributed by atoms with Gasteiger partial charge in [0.2, 0.25) is 11.8 Å². The Hall–Kier alpha value is -2.49. The van der Waals surface area contributed by atoms with E-state index < -0.39 is 29.8 Å². The van der Waals surface area contributed by atoms with Crippen LogP contribution in [0.1, 0.15) is 84.1 Å². The molecule has 3 rings (SSSR count). The number of carbonyl (C=O) groups excluding carboxylic acids is 2. The maximum atomic E-state index is 13.5. The number of benzene rings is 1. The third-order valence-corrected chi connectivity index (χ3v) is 8.89. The number of allylic oxidation sites excluding steroid dienone is 2. The van der Waals surface area contributed by atoms with Crippen LogP contribution in [0.25, 0.3) is 6.08 Å². The molecule has 1 saturated heterocycles. The van der Waals surface area contributed by atoms with Gasteiger partial charge in [-0.05, 0) is 68.2 Å². The Kier molecular flexibility index (Phi) is 12.2. The van der Waals surface area contributed by atoms with Crippen LogP contribution in [0.15, 0.2) is 39.4 Å². The number of amides is 2. The second-order valence-electron chi connectivity index (χ2n) is 11.6. The molecule has 0 saturated carbocycles. The summed E-state index contributed by atoms with van der Waals surface area (Å²) < 4.78 is 0.858. The Bertz CT molecular complexity index is 1170. The summed E-state index contributed by atoms with van der Waals surface area (Å²) >= 11 is 3.45. The van der Waals surface area contributed by atoms with Gasteiger partial charge in [0.25, 0.3) is 0 Å². The van der Waals surface area contributed by atoms with E-state index in [0.717, 1.165) is 28.5 Å². The lowest BCUT2D eigenvalue weighted by Crippen LogP contribution is -2.40. The summed E-state index contributed by atoms with van der Waals surface area (Å²) in [7, 11) is 0. The zero-order valence-corrected chi connectivity index (χ0v) is 25.9. The van der Waals surface area contributed by atoms with Gasteiger partial charge < -0.3 is 20.4 Å². The molecule has 41 heavy (non-hydrogen) atoms. The summed E-state index contributed by atoms with van der Waals surface area (Å²) in [5, 5.41) is 41.2. The summed E-state index contributed by atoms with van der Waals surface area (Å²) in [6, 6.07) is 5.26. The number of hydrogen-bond donors (Lipinski definition) is 4. The average molecular weight is 635 g/mol. The van der Waals surface area contributed by atoms with Gasteiger partial charge in [-0.3, -0.25) is 19.3 Å². The molecule has 1 heterocycles. The van der Waals surface area contributed by atoms with E-state index in [1.165, 1.54) is 4.90 Å². The van der Waals surface area contributed by atoms with Gasteiger partial charge in [0.15, 0.2) is 0 Å². The number of aliphatic hydroxyl groups excluding tert-OH is 2. The minimum absolute atomic E-state index is 0.0342. The molecule has 1 aromatic rings. The number of likely N-dealkylation sites (tertiary alicyclic amines) is 1. The molecule has 0 unspecified atom stereocenters. The van der Waals surface area contributed by atoms with Crippen LogP contribution in [0.2, 0.25) is 0 Å². The van der Waals surface area contributed by atoms with Crippen molar-refractivity contribution in [1.29, 1.82) is 0 Å². The van der Waals surface area contributed by atoms with Gasteiger partial charge >= 0.3 is 5.97 Å². The fourth-order valence-corrected chi connectivity index (χ4v) is 6.76. The number of carboxylic acids is 1. The highest BCUT2D eigenvalue weighted by molar-refractivity contribution is 9.10. The van der Waals surface area contributed by atoms with Crippen molar-refractivity contribution >= 4 is 39.8 Å². The molecule has 2 amide bonds. The number of fused-ring (bicyclic) bond motifs is 1. The van der Waals surface area contributed by atoms with Crippen LogP contribution in [0.5, 0.6) is 5.75 Å². The number of aliphatic hydroxyl groups is 2. The van der Waals surface area contributed by atoms with Gasteiger partial charge in [-0.15, -0.1) is 0 Å². The van der Waals surface area contributed by atoms with Crippen LogP contribution in [-0.4, -0.2) is 62.4 Å². The van der Waals surface area contributed by atoms with E-state index in [2.05, 4.69) is 22.9 Å². The SMILES string of the molecule is CCC/C(=C\c1cc(Br)ccc1O)CC[C@@H](O)C1=C(C(C)C)C[C@H]2C(=O)N(CCCCCC(=O)O)C(=O)[C@H]2[C@H]1CO. The minimum Gasteiger partial charge on any atom is -0.507 e. The number of halogens is 1. The van der Waals surface area contributed by atoms with E-state index in [1.54, 1.807) is 12.1 Å². The van der Waals surface area contributed by atoms with E-state index in [0.29, 0.717) is 49.7 Å². The number of phenols is 1. The van der Waals surface area contributed by atoms with Crippen LogP contribution in [0, 0.1) is 23.7 Å². The molecule has 0 aromatic heterocycles. The fraction of sp³-hybridized carbons (Fsp3) is 0.594. The maximum Gasteiger partial charge on any atom is 0.303 e. The number of nitrogens with zero attached hydrogens (tertiary/aromatic N) is 1. The summed E-state index contributed by atoms with van der Waals surface area (Å²) in [6.45, 7) is 6.01. The third kappa shape index (κ3) is 8.08. The first kappa shape index (κ1) is 33.0. The lowest BCUT2D eigenvalue weighted by Gasteiger charge is -2.38. The second-order valence-corrected chi connectivity index (χ2v) is 12.5. The van der Waals surface area contributed by atoms with Crippen LogP contribution in [0.3, 0.4) is 0 Å². The predicted octanol–water partition coefficient (Wildman–Crippen LogP) is 5.69. The van der Waals surface area contributed by atoms with Gasteiger partial charge in [0, 0.05) is 28.9 Å². The van der Waals surface area contributed by atoms with Gasteiger partial charge in [-0.2, -0.15) is 0 Å². The van der Waals surface area contributed by atoms with Crippen molar-refractivity contribution in [2.24, 2.45) is 23.7 Å². The Morgan fingerprint density at radius 3 is 2.49 bits per heavy atom. The van der Waals surface area contributed by atoms with Crippen LogP contribution in [0.4, 0.5) is 0 Å². The molecule has 1 fully saturated rings. The second kappa shape index (κ2) is 15.1. The Morgan fingerprint density at radius 1 is 1.12 bits per heavy atom. The average Bonchev–Trinajstić information content (AvgIpc) is 3.16. The number of carboxylic acid groups (broad SMARTS) is 1. The molecule has 4 atom stereocenters. The maximum absolute atomic E-state index is 13.5. The zero-order valence-electron chi connectivity index (χ0n) is 24.3. The topological polar surface area (TPSA) is 135 Å². The normalized spacial score (nSPS) is 22.1. The first-order valence-corrected chi connectivity index (χ1v) is 15.6. The summed E-state index contributed by atoms with van der Waals surface area (Å²) in [5.41, 5.74) is 3.41. The lowest BCUT2D eigenvalue weighted by atomic mass is 9.66. The van der Waals surface area contributed by atoms with Crippen LogP contribution in [-0.2, 0) is 14.4 Å². The molecule has 9 heteroatoms. The fourth-order valence-electron chi connectivity index (χ4n) is 6.38. The number of hydrogen-bond acceptors (Lipinski definition) is 6. The van der Waals surface area contributed by atoms with Crippen molar-refractivity contribution in [3.63, 3.8) is 0 Å². The van der Waals surface area contributed by atoms with Crippen molar-refractivity contribution in [2.45, 2.75) is 84.7 Å². The van der Waals surface area contributed by atoms with Crippen LogP contribution >= 0.6 is 15.9 Å². The van der Waals surface area contributed by atoms with Crippen molar-refractivity contribution in [1.82, 2.24) is 4.90 Å². The predicted molar refractivity (Wildman–Crippen MR) is 161 cm³/mol. The van der Waals surface area contributed by atoms with E-state index in [9.17, 15) is 29.7 Å². The molecule has 1 aliphatic carbocycles. The van der Waals surface area contributed by atoms with E-state index >= 15 is 0 Å². The monoisotopic (exact) mass is 633 g/mol. The Balaban J connectivity index is 1.80. The summed E-state index contributed by atoms with van der Waals surface area (Å²) in [4.78, 5) is 38.9. The first-order chi connectivity index (χ1) is 19.5. The lowest BCUT2D eigenvalue weighted by molar-refractivity contribution is -0.141. The van der Waals surface area contributed by atoms with E-state index in [-0.39, 0.29) is 43.1 Å². The van der Waals surface area contributed by atoms with E-state index in [1.807, 2.05) is 26.0 Å². The number of rotatable bonds is 15. The van der Waals surface area contributed by atoms with Crippen molar-refractivity contribution in [3.05, 3.63) is 45.0 Å². The van der Waals surface area contributed by atoms with Crippen molar-refractivity contribution in [2.75, 3.05) is 13.2 Å². The van der Waals surface area contributed by atoms with Gasteiger partial charge in [-0.25, -0.2) is 0 Å². The molecule has 4 N–H and O–H groups in total. The van der Waals surface area contributed by atoms with Gasteiger partial charge in [-0.1, -0.05) is 66.8 Å². The smallest absolute Gasteiger partial charge is 0.303 e. The number of unbranched alkanes of at least 4 members (excludes halogenated alkanes) is 2. The Morgan fingerprint density at radius 2 is 1.85 bits per heavy atom. The highest BCUT2D eigenvalue weighted by atomic mass is 79.9. The number of phenolic OH excluding ortho intramolecular Hbond substituents is 1. The number of carbonyl (C=O) groups is 3. The molecule has 1 aliphatic heterocycles. The molecule has 2 aliphatic rings. The number of aromatic hydroxyl groups is 1. The van der Waals surface area contributed by atoms with Crippen LogP contribution < -0.4 is 0 Å². The third-order valence-electron chi connectivity index (χ3n) is 8.40. The minimum atomic E-state index is -0.880. The summed E-state index contributed by atoms with van der Waals surface area (Å²) in [6.07, 6.45) is 5.84. The van der Waals surface area contributed by atoms with Gasteiger partial charge in [0.1, 0.15) is 5.75 Å². The molecule has 0 spiro atoms. The molecule has 0 radical (unpaired) electrons. The molecule has 8 nitrogen and oxygen atoms in total. The molecular formula is C32H44BrNO7. The first-order valence-electron chi connectivity index (χ1n) is 14.8. The van der Waals surface area contributed by atoms with Crippen molar-refractivity contribution in [3.8, 4) is 5.75 Å². The quantitative estimate of drug-likeness (QED) is 0.111.